The lowest BCUT2D eigenvalue weighted by molar-refractivity contribution is -0.144. The second-order valence-corrected chi connectivity index (χ2v) is 3.95. The number of aliphatic carboxylic acids is 2. The molecule has 10 heteroatoms. The van der Waals surface area contributed by atoms with Gasteiger partial charge in [0.1, 0.15) is 6.04 Å². The van der Waals surface area contributed by atoms with Crippen LogP contribution in [-0.2, 0) is 15.8 Å². The Bertz CT molecular complexity index is 560. The molecule has 122 valence electrons. The van der Waals surface area contributed by atoms with Gasteiger partial charge in [0.15, 0.2) is 0 Å². The molecule has 0 unspecified atom stereocenters. The molecule has 0 aliphatic carbocycles. The highest BCUT2D eigenvalue weighted by molar-refractivity contribution is 5.94. The number of primary amides is 1. The van der Waals surface area contributed by atoms with Crippen molar-refractivity contribution in [3.63, 3.8) is 0 Å². The summed E-state index contributed by atoms with van der Waals surface area (Å²) >= 11 is 0. The molecule has 0 fully saturated rings. The van der Waals surface area contributed by atoms with Gasteiger partial charge < -0.3 is 21.7 Å². The van der Waals surface area contributed by atoms with Crippen LogP contribution < -0.4 is 11.5 Å². The predicted octanol–water partition coefficient (Wildman–Crippen LogP) is 0.677. The first-order chi connectivity index (χ1) is 9.96. The third-order valence-electron chi connectivity index (χ3n) is 2.21. The van der Waals surface area contributed by atoms with Gasteiger partial charge in [0.05, 0.1) is 17.5 Å². The van der Waals surface area contributed by atoms with Gasteiger partial charge in [-0.05, 0) is 12.1 Å². The highest BCUT2D eigenvalue weighted by atomic mass is 19.4. The van der Waals surface area contributed by atoms with E-state index in [0.717, 1.165) is 12.1 Å². The Morgan fingerprint density at radius 2 is 1.64 bits per heavy atom. The van der Waals surface area contributed by atoms with E-state index in [4.69, 9.17) is 21.7 Å². The maximum absolute atomic E-state index is 12.2. The van der Waals surface area contributed by atoms with Crippen molar-refractivity contribution in [2.24, 2.45) is 11.5 Å². The number of carbonyl (C=O) groups excluding carboxylic acids is 1. The van der Waals surface area contributed by atoms with Crippen LogP contribution in [0.15, 0.2) is 24.3 Å². The zero-order valence-corrected chi connectivity index (χ0v) is 11.0. The molecule has 0 heterocycles. The molecular weight excluding hydrogens is 309 g/mol. The molecule has 1 amide bonds. The van der Waals surface area contributed by atoms with Gasteiger partial charge in [-0.2, -0.15) is 13.2 Å². The molecule has 1 aromatic rings. The third kappa shape index (κ3) is 6.70. The molecule has 7 nitrogen and oxygen atoms in total. The highest BCUT2D eigenvalue weighted by Crippen LogP contribution is 2.31. The fraction of sp³-hybridized carbons (Fsp3) is 0.250. The van der Waals surface area contributed by atoms with Crippen LogP contribution in [0, 0.1) is 0 Å². The molecule has 0 aliphatic rings. The van der Waals surface area contributed by atoms with Crippen LogP contribution in [0.3, 0.4) is 0 Å². The molecule has 1 rings (SSSR count). The summed E-state index contributed by atoms with van der Waals surface area (Å²) in [5.41, 5.74) is 8.11. The van der Waals surface area contributed by atoms with E-state index in [-0.39, 0.29) is 0 Å². The Hall–Kier alpha value is -2.62. The number of hydrogen-bond acceptors (Lipinski definition) is 4. The first kappa shape index (κ1) is 19.4. The molecular formula is C12H13F3N2O5. The summed E-state index contributed by atoms with van der Waals surface area (Å²) in [5.74, 6) is -3.57. The smallest absolute Gasteiger partial charge is 0.417 e. The van der Waals surface area contributed by atoms with Crippen LogP contribution >= 0.6 is 0 Å². The lowest BCUT2D eigenvalue weighted by Crippen LogP contribution is -2.32. The molecule has 0 saturated heterocycles. The Balaban J connectivity index is 0.000000433. The van der Waals surface area contributed by atoms with Gasteiger partial charge >= 0.3 is 18.1 Å². The average molecular weight is 322 g/mol. The number of amides is 1. The van der Waals surface area contributed by atoms with E-state index in [1.165, 1.54) is 12.1 Å². The molecule has 1 atom stereocenters. The molecule has 0 saturated carbocycles. The zero-order valence-electron chi connectivity index (χ0n) is 11.0. The largest absolute Gasteiger partial charge is 0.481 e. The van der Waals surface area contributed by atoms with E-state index in [1.807, 2.05) is 0 Å². The van der Waals surface area contributed by atoms with Gasteiger partial charge in [0.25, 0.3) is 0 Å². The van der Waals surface area contributed by atoms with E-state index in [0.29, 0.717) is 0 Å². The van der Waals surface area contributed by atoms with E-state index < -0.39 is 47.6 Å². The number of halogens is 3. The maximum atomic E-state index is 12.2. The summed E-state index contributed by atoms with van der Waals surface area (Å²) in [5, 5.41) is 16.0. The minimum atomic E-state index is -4.54. The molecule has 6 N–H and O–H groups in total. The van der Waals surface area contributed by atoms with E-state index in [2.05, 4.69) is 0 Å². The molecule has 0 spiro atoms. The van der Waals surface area contributed by atoms with Gasteiger partial charge in [0, 0.05) is 0 Å². The predicted molar refractivity (Wildman–Crippen MR) is 67.8 cm³/mol. The quantitative estimate of drug-likeness (QED) is 0.641. The van der Waals surface area contributed by atoms with Gasteiger partial charge in [-0.3, -0.25) is 14.4 Å². The molecule has 22 heavy (non-hydrogen) atoms. The Labute approximate surface area is 122 Å². The van der Waals surface area contributed by atoms with Crippen LogP contribution in [0.25, 0.3) is 0 Å². The van der Waals surface area contributed by atoms with Crippen molar-refractivity contribution in [3.05, 3.63) is 35.4 Å². The minimum Gasteiger partial charge on any atom is -0.481 e. The Morgan fingerprint density at radius 1 is 1.14 bits per heavy atom. The number of alkyl halides is 3. The maximum Gasteiger partial charge on any atom is 0.417 e. The number of benzene rings is 1. The summed E-state index contributed by atoms with van der Waals surface area (Å²) < 4.78 is 36.6. The number of carbonyl (C=O) groups is 3. The second-order valence-electron chi connectivity index (χ2n) is 3.95. The van der Waals surface area contributed by atoms with Crippen molar-refractivity contribution >= 4 is 17.8 Å². The number of carboxylic acid groups (broad SMARTS) is 2. The van der Waals surface area contributed by atoms with Gasteiger partial charge in [0.2, 0.25) is 5.91 Å². The number of nitrogens with two attached hydrogens (primary N) is 2. The Morgan fingerprint density at radius 3 is 1.91 bits per heavy atom. The number of hydrogen-bond donors (Lipinski definition) is 4. The number of carboxylic acids is 2. The van der Waals surface area contributed by atoms with Crippen molar-refractivity contribution in [3.8, 4) is 0 Å². The molecule has 0 bridgehead atoms. The first-order valence-electron chi connectivity index (χ1n) is 5.63. The van der Waals surface area contributed by atoms with Crippen LogP contribution in [0.4, 0.5) is 13.2 Å². The standard InChI is InChI=1S/C8H6F3NO.C4H7NO4/c9-8(10,11)6-4-2-1-3-5(6)7(12)13;5-2(4(8)9)1-3(6)7/h1-4H,(H2,12,13);2H,1,5H2,(H,6,7)(H,8,9)/t;2-/m.0/s1. The van der Waals surface area contributed by atoms with E-state index in [9.17, 15) is 27.6 Å². The van der Waals surface area contributed by atoms with Crippen LogP contribution in [0.2, 0.25) is 0 Å². The third-order valence-corrected chi connectivity index (χ3v) is 2.21. The summed E-state index contributed by atoms with van der Waals surface area (Å²) in [6.07, 6.45) is -5.07. The summed E-state index contributed by atoms with van der Waals surface area (Å²) in [4.78, 5) is 30.2. The van der Waals surface area contributed by atoms with E-state index in [1.54, 1.807) is 0 Å². The molecule has 0 aliphatic heterocycles. The monoisotopic (exact) mass is 322 g/mol. The van der Waals surface area contributed by atoms with Crippen molar-refractivity contribution in [2.45, 2.75) is 18.6 Å². The molecule has 0 aromatic heterocycles. The number of rotatable bonds is 4. The fourth-order valence-corrected chi connectivity index (χ4v) is 1.22. The molecule has 1 aromatic carbocycles. The van der Waals surface area contributed by atoms with Gasteiger partial charge in [-0.1, -0.05) is 12.1 Å². The van der Waals surface area contributed by atoms with Crippen molar-refractivity contribution in [1.82, 2.24) is 0 Å². The van der Waals surface area contributed by atoms with Crippen LogP contribution in [0.5, 0.6) is 0 Å². The fourth-order valence-electron chi connectivity index (χ4n) is 1.22. The van der Waals surface area contributed by atoms with Gasteiger partial charge in [-0.15, -0.1) is 0 Å². The van der Waals surface area contributed by atoms with Gasteiger partial charge in [-0.25, -0.2) is 0 Å². The minimum absolute atomic E-state index is 0.505. The topological polar surface area (TPSA) is 144 Å². The first-order valence-corrected chi connectivity index (χ1v) is 5.63. The zero-order chi connectivity index (χ0) is 17.5. The average Bonchev–Trinajstić information content (AvgIpc) is 2.37. The van der Waals surface area contributed by atoms with Crippen molar-refractivity contribution < 1.29 is 37.8 Å². The van der Waals surface area contributed by atoms with Crippen molar-refractivity contribution in [1.29, 1.82) is 0 Å². The summed E-state index contributed by atoms with van der Waals surface area (Å²) in [6, 6.07) is 3.11. The Kier molecular flexibility index (Phi) is 7.03. The lowest BCUT2D eigenvalue weighted by atomic mass is 10.1. The summed E-state index contributed by atoms with van der Waals surface area (Å²) in [6.45, 7) is 0. The van der Waals surface area contributed by atoms with Crippen LogP contribution in [-0.4, -0.2) is 34.1 Å². The summed E-state index contributed by atoms with van der Waals surface area (Å²) in [7, 11) is 0. The van der Waals surface area contributed by atoms with Crippen molar-refractivity contribution in [2.75, 3.05) is 0 Å². The highest BCUT2D eigenvalue weighted by Gasteiger charge is 2.34. The normalized spacial score (nSPS) is 11.8. The lowest BCUT2D eigenvalue weighted by Gasteiger charge is -2.09. The van der Waals surface area contributed by atoms with Crippen LogP contribution in [0.1, 0.15) is 22.3 Å². The second kappa shape index (κ2) is 7.98. The van der Waals surface area contributed by atoms with E-state index >= 15 is 0 Å². The molecule has 0 radical (unpaired) electrons. The SMILES string of the molecule is NC(=O)c1ccccc1C(F)(F)F.N[C@@H](CC(=O)O)C(=O)O.